The Kier molecular flexibility index (Phi) is 4.28. The second-order valence-corrected chi connectivity index (χ2v) is 8.90. The molecule has 4 rings (SSSR count). The lowest BCUT2D eigenvalue weighted by atomic mass is 10.0. The van der Waals surface area contributed by atoms with E-state index in [0.29, 0.717) is 5.02 Å². The first-order valence-electron chi connectivity index (χ1n) is 8.34. The second-order valence-electron chi connectivity index (χ2n) is 6.75. The lowest BCUT2D eigenvalue weighted by Crippen LogP contribution is -2.35. The van der Waals surface area contributed by atoms with E-state index in [4.69, 9.17) is 11.6 Å². The summed E-state index contributed by atoms with van der Waals surface area (Å²) in [5, 5.41) is 2.77. The van der Waals surface area contributed by atoms with Crippen LogP contribution in [0.5, 0.6) is 0 Å². The molecule has 134 valence electrons. The minimum absolute atomic E-state index is 0.0711. The second kappa shape index (κ2) is 6.35. The highest BCUT2D eigenvalue weighted by Gasteiger charge is 2.38. The molecule has 26 heavy (non-hydrogen) atoms. The largest absolute Gasteiger partial charge is 0.301 e. The molecule has 0 fully saturated rings. The van der Waals surface area contributed by atoms with Crippen LogP contribution >= 0.6 is 11.6 Å². The predicted octanol–water partition coefficient (Wildman–Crippen LogP) is 4.13. The number of hydrogen-bond donors (Lipinski definition) is 1. The van der Waals surface area contributed by atoms with Gasteiger partial charge in [-0.3, -0.25) is 0 Å². The molecule has 6 heteroatoms. The highest BCUT2D eigenvalue weighted by Crippen LogP contribution is 2.46. The quantitative estimate of drug-likeness (QED) is 0.733. The van der Waals surface area contributed by atoms with Crippen molar-refractivity contribution in [2.45, 2.75) is 17.0 Å². The average molecular weight is 387 g/mol. The van der Waals surface area contributed by atoms with Crippen molar-refractivity contribution >= 4 is 32.4 Å². The Labute approximate surface area is 158 Å². The maximum absolute atomic E-state index is 13.0. The molecule has 2 atom stereocenters. The van der Waals surface area contributed by atoms with Crippen molar-refractivity contribution in [1.82, 2.24) is 9.62 Å². The molecule has 4 nitrogen and oxygen atoms in total. The van der Waals surface area contributed by atoms with Crippen LogP contribution in [0.4, 0.5) is 0 Å². The average Bonchev–Trinajstić information content (AvgIpc) is 2.91. The van der Waals surface area contributed by atoms with Crippen LogP contribution in [0.1, 0.15) is 23.2 Å². The molecule has 0 saturated carbocycles. The van der Waals surface area contributed by atoms with Crippen molar-refractivity contribution in [2.24, 2.45) is 0 Å². The van der Waals surface area contributed by atoms with Gasteiger partial charge in [0.15, 0.2) is 0 Å². The first-order valence-corrected chi connectivity index (χ1v) is 10.2. The predicted molar refractivity (Wildman–Crippen MR) is 105 cm³/mol. The van der Waals surface area contributed by atoms with Crippen LogP contribution in [0, 0.1) is 0 Å². The van der Waals surface area contributed by atoms with Gasteiger partial charge in [0, 0.05) is 5.02 Å². The van der Waals surface area contributed by atoms with Crippen LogP contribution in [-0.4, -0.2) is 27.4 Å². The van der Waals surface area contributed by atoms with Gasteiger partial charge in [-0.2, -0.15) is 0 Å². The molecule has 0 aliphatic heterocycles. The number of nitrogens with zero attached hydrogens (tertiary/aromatic N) is 1. The summed E-state index contributed by atoms with van der Waals surface area (Å²) < 4.78 is 28.8. The molecular weight excluding hydrogens is 368 g/mol. The third-order valence-corrected chi connectivity index (χ3v) is 6.61. The fraction of sp³-hybridized carbons (Fsp3) is 0.200. The summed E-state index contributed by atoms with van der Waals surface area (Å²) in [5.41, 5.74) is 2.15. The molecule has 0 amide bonds. The van der Waals surface area contributed by atoms with Crippen LogP contribution in [0.25, 0.3) is 10.8 Å². The molecule has 0 aromatic heterocycles. The minimum atomic E-state index is -3.68. The topological polar surface area (TPSA) is 49.4 Å². The molecule has 0 bridgehead atoms. The molecule has 0 spiro atoms. The first-order chi connectivity index (χ1) is 12.4. The van der Waals surface area contributed by atoms with E-state index in [9.17, 15) is 8.42 Å². The Morgan fingerprint density at radius 3 is 2.15 bits per heavy atom. The van der Waals surface area contributed by atoms with Gasteiger partial charge < -0.3 is 4.90 Å². The summed E-state index contributed by atoms with van der Waals surface area (Å²) in [7, 11) is 0.266. The van der Waals surface area contributed by atoms with Gasteiger partial charge in [-0.1, -0.05) is 48.0 Å². The smallest absolute Gasteiger partial charge is 0.241 e. The van der Waals surface area contributed by atoms with Crippen molar-refractivity contribution < 1.29 is 8.42 Å². The molecule has 3 aromatic carbocycles. The number of benzene rings is 3. The summed E-state index contributed by atoms with van der Waals surface area (Å²) in [5.74, 6) is 0. The summed E-state index contributed by atoms with van der Waals surface area (Å²) >= 11 is 5.89. The Morgan fingerprint density at radius 1 is 0.923 bits per heavy atom. The molecule has 1 aliphatic rings. The van der Waals surface area contributed by atoms with Crippen LogP contribution < -0.4 is 4.72 Å². The molecule has 1 N–H and O–H groups in total. The monoisotopic (exact) mass is 386 g/mol. The van der Waals surface area contributed by atoms with Crippen molar-refractivity contribution in [1.29, 1.82) is 0 Å². The van der Waals surface area contributed by atoms with Crippen LogP contribution in [0.3, 0.4) is 0 Å². The Morgan fingerprint density at radius 2 is 1.54 bits per heavy atom. The van der Waals surface area contributed by atoms with E-state index in [0.717, 1.165) is 21.9 Å². The highest BCUT2D eigenvalue weighted by molar-refractivity contribution is 7.89. The molecular formula is C20H19ClN2O2S. The molecule has 3 aromatic rings. The Bertz CT molecular complexity index is 1070. The maximum atomic E-state index is 13.0. The minimum Gasteiger partial charge on any atom is -0.301 e. The number of hydrogen-bond acceptors (Lipinski definition) is 3. The normalized spacial score (nSPS) is 19.4. The SMILES string of the molecule is CN(C)[C@@H]1c2cccc3cccc(c23)[C@@H]1NS(=O)(=O)c1ccc(Cl)cc1. The van der Waals surface area contributed by atoms with Crippen molar-refractivity contribution in [3.05, 3.63) is 76.8 Å². The van der Waals surface area contributed by atoms with Gasteiger partial charge >= 0.3 is 0 Å². The van der Waals surface area contributed by atoms with Crippen molar-refractivity contribution in [3.8, 4) is 0 Å². The van der Waals surface area contributed by atoms with E-state index < -0.39 is 10.0 Å². The fourth-order valence-corrected chi connectivity index (χ4v) is 5.15. The Balaban J connectivity index is 1.81. The third kappa shape index (κ3) is 2.81. The number of nitrogens with one attached hydrogen (secondary N) is 1. The van der Waals surface area contributed by atoms with E-state index in [1.54, 1.807) is 12.1 Å². The zero-order valence-electron chi connectivity index (χ0n) is 14.5. The number of halogens is 1. The number of sulfonamides is 1. The van der Waals surface area contributed by atoms with Gasteiger partial charge in [0.2, 0.25) is 10.0 Å². The van der Waals surface area contributed by atoms with Crippen LogP contribution in [0.15, 0.2) is 65.6 Å². The molecule has 0 unspecified atom stereocenters. The summed E-state index contributed by atoms with van der Waals surface area (Å²) in [6, 6.07) is 18.0. The number of rotatable bonds is 4. The molecule has 0 heterocycles. The lowest BCUT2D eigenvalue weighted by molar-refractivity contribution is 0.258. The zero-order valence-corrected chi connectivity index (χ0v) is 16.1. The van der Waals surface area contributed by atoms with Crippen molar-refractivity contribution in [3.63, 3.8) is 0 Å². The van der Waals surface area contributed by atoms with Gasteiger partial charge in [-0.15, -0.1) is 0 Å². The zero-order chi connectivity index (χ0) is 18.5. The van der Waals surface area contributed by atoms with Crippen LogP contribution in [0.2, 0.25) is 5.02 Å². The first kappa shape index (κ1) is 17.5. The van der Waals surface area contributed by atoms with E-state index in [2.05, 4.69) is 27.8 Å². The number of likely N-dealkylation sites (N-methyl/N-ethyl adjacent to an activating group) is 1. The lowest BCUT2D eigenvalue weighted by Gasteiger charge is -2.28. The molecule has 0 radical (unpaired) electrons. The van der Waals surface area contributed by atoms with Crippen LogP contribution in [-0.2, 0) is 10.0 Å². The third-order valence-electron chi connectivity index (χ3n) is 4.90. The maximum Gasteiger partial charge on any atom is 0.241 e. The van der Waals surface area contributed by atoms with Gasteiger partial charge in [0.25, 0.3) is 0 Å². The van der Waals surface area contributed by atoms with Gasteiger partial charge in [0.05, 0.1) is 17.0 Å². The summed E-state index contributed by atoms with van der Waals surface area (Å²) in [6.07, 6.45) is 0. The Hall–Kier alpha value is -1.92. The van der Waals surface area contributed by atoms with Gasteiger partial charge in [0.1, 0.15) is 0 Å². The van der Waals surface area contributed by atoms with E-state index in [1.807, 2.05) is 32.3 Å². The summed E-state index contributed by atoms with van der Waals surface area (Å²) in [6.45, 7) is 0. The van der Waals surface area contributed by atoms with Gasteiger partial charge in [-0.05, 0) is 60.3 Å². The summed E-state index contributed by atoms with van der Waals surface area (Å²) in [4.78, 5) is 2.27. The van der Waals surface area contributed by atoms with E-state index in [-0.39, 0.29) is 17.0 Å². The van der Waals surface area contributed by atoms with Crippen molar-refractivity contribution in [2.75, 3.05) is 14.1 Å². The standard InChI is InChI=1S/C20H19ClN2O2S/c1-23(2)20-17-8-4-6-13-5-3-7-16(18(13)17)19(20)22-26(24,25)15-11-9-14(21)10-12-15/h3-12,19-20,22H,1-2H3/t19-,20+/m0/s1. The molecule has 0 saturated heterocycles. The fourth-order valence-electron chi connectivity index (χ4n) is 3.81. The van der Waals surface area contributed by atoms with Gasteiger partial charge in [-0.25, -0.2) is 13.1 Å². The molecule has 1 aliphatic carbocycles. The van der Waals surface area contributed by atoms with E-state index >= 15 is 0 Å². The highest BCUT2D eigenvalue weighted by atomic mass is 35.5. The van der Waals surface area contributed by atoms with E-state index in [1.165, 1.54) is 12.1 Å².